The van der Waals surface area contributed by atoms with Crippen molar-refractivity contribution in [1.29, 1.82) is 0 Å². The molecule has 1 aromatic carbocycles. The lowest BCUT2D eigenvalue weighted by Gasteiger charge is -2.08. The fourth-order valence-corrected chi connectivity index (χ4v) is 2.00. The summed E-state index contributed by atoms with van der Waals surface area (Å²) < 4.78 is 2.05. The average Bonchev–Trinajstić information content (AvgIpc) is 3.00. The van der Waals surface area contributed by atoms with Gasteiger partial charge in [0.15, 0.2) is 0 Å². The summed E-state index contributed by atoms with van der Waals surface area (Å²) in [6.07, 6.45) is 10.7. The van der Waals surface area contributed by atoms with Crippen LogP contribution in [0.4, 0.5) is 5.69 Å². The molecule has 0 saturated carbocycles. The van der Waals surface area contributed by atoms with Crippen LogP contribution < -0.4 is 5.32 Å². The van der Waals surface area contributed by atoms with Gasteiger partial charge in [-0.25, -0.2) is 15.0 Å². The van der Waals surface area contributed by atoms with Crippen molar-refractivity contribution < 1.29 is 0 Å². The van der Waals surface area contributed by atoms with E-state index in [0.717, 1.165) is 24.3 Å². The lowest BCUT2D eigenvalue weighted by atomic mass is 10.2. The van der Waals surface area contributed by atoms with Crippen LogP contribution in [0, 0.1) is 0 Å². The lowest BCUT2D eigenvalue weighted by Crippen LogP contribution is -2.02. The smallest absolute Gasteiger partial charge is 0.115 e. The second-order valence-corrected chi connectivity index (χ2v) is 4.54. The Morgan fingerprint density at radius 3 is 2.75 bits per heavy atom. The number of aromatic nitrogens is 4. The zero-order valence-corrected chi connectivity index (χ0v) is 11.0. The Hall–Kier alpha value is -2.69. The van der Waals surface area contributed by atoms with Crippen molar-refractivity contribution in [2.24, 2.45) is 0 Å². The minimum atomic E-state index is 0.718. The highest BCUT2D eigenvalue weighted by atomic mass is 15.0. The summed E-state index contributed by atoms with van der Waals surface area (Å²) in [6, 6.07) is 8.36. The van der Waals surface area contributed by atoms with Crippen molar-refractivity contribution in [1.82, 2.24) is 19.5 Å². The Morgan fingerprint density at radius 2 is 1.95 bits per heavy atom. The van der Waals surface area contributed by atoms with Gasteiger partial charge < -0.3 is 9.88 Å². The van der Waals surface area contributed by atoms with Crippen molar-refractivity contribution in [3.63, 3.8) is 0 Å². The molecule has 0 aliphatic rings. The number of rotatable bonds is 5. The number of nitrogens with zero attached hydrogens (tertiary/aromatic N) is 4. The highest BCUT2D eigenvalue weighted by Gasteiger charge is 1.98. The first-order chi connectivity index (χ1) is 9.90. The first kappa shape index (κ1) is 12.3. The van der Waals surface area contributed by atoms with Gasteiger partial charge in [0.1, 0.15) is 6.33 Å². The summed E-state index contributed by atoms with van der Waals surface area (Å²) in [5.41, 5.74) is 3.39. The van der Waals surface area contributed by atoms with Crippen molar-refractivity contribution in [3.8, 4) is 0 Å². The van der Waals surface area contributed by atoms with Crippen LogP contribution in [0.3, 0.4) is 0 Å². The predicted octanol–water partition coefficient (Wildman–Crippen LogP) is 2.33. The molecule has 0 amide bonds. The molecule has 0 atom stereocenters. The molecule has 0 spiro atoms. The van der Waals surface area contributed by atoms with E-state index in [1.807, 2.05) is 29.5 Å². The first-order valence-electron chi connectivity index (χ1n) is 6.42. The number of anilines is 1. The normalized spacial score (nSPS) is 10.4. The maximum Gasteiger partial charge on any atom is 0.115 e. The molecule has 0 radical (unpaired) electrons. The minimum Gasteiger partial charge on any atom is -0.381 e. The van der Waals surface area contributed by atoms with Crippen LogP contribution in [0.1, 0.15) is 11.1 Å². The van der Waals surface area contributed by atoms with Crippen molar-refractivity contribution in [2.75, 3.05) is 5.32 Å². The van der Waals surface area contributed by atoms with Gasteiger partial charge in [0.05, 0.1) is 6.33 Å². The molecule has 3 rings (SSSR count). The van der Waals surface area contributed by atoms with Crippen LogP contribution in [0.5, 0.6) is 0 Å². The summed E-state index contributed by atoms with van der Waals surface area (Å²) in [4.78, 5) is 12.1. The van der Waals surface area contributed by atoms with Gasteiger partial charge in [0.2, 0.25) is 0 Å². The third-order valence-corrected chi connectivity index (χ3v) is 2.96. The van der Waals surface area contributed by atoms with Crippen LogP contribution in [-0.4, -0.2) is 19.5 Å². The van der Waals surface area contributed by atoms with E-state index >= 15 is 0 Å². The van der Waals surface area contributed by atoms with Gasteiger partial charge in [0, 0.05) is 49.1 Å². The largest absolute Gasteiger partial charge is 0.381 e. The number of imidazole rings is 1. The Balaban J connectivity index is 1.65. The average molecular weight is 265 g/mol. The molecule has 2 aromatic heterocycles. The Labute approximate surface area is 117 Å². The third-order valence-electron chi connectivity index (χ3n) is 2.96. The maximum atomic E-state index is 4.05. The molecule has 5 heteroatoms. The monoisotopic (exact) mass is 265 g/mol. The van der Waals surface area contributed by atoms with Gasteiger partial charge in [-0.1, -0.05) is 12.1 Å². The van der Waals surface area contributed by atoms with Gasteiger partial charge in [-0.05, 0) is 17.7 Å². The van der Waals surface area contributed by atoms with E-state index in [1.165, 1.54) is 11.9 Å². The van der Waals surface area contributed by atoms with Gasteiger partial charge in [-0.3, -0.25) is 0 Å². The topological polar surface area (TPSA) is 55.6 Å². The third kappa shape index (κ3) is 3.20. The summed E-state index contributed by atoms with van der Waals surface area (Å²) in [6.45, 7) is 1.54. The molecule has 1 N–H and O–H groups in total. The number of hydrogen-bond donors (Lipinski definition) is 1. The molecule has 0 aliphatic heterocycles. The molecule has 0 saturated heterocycles. The molecule has 3 aromatic rings. The van der Waals surface area contributed by atoms with Gasteiger partial charge in [-0.2, -0.15) is 0 Å². The Bertz CT molecular complexity index is 649. The number of nitrogens with one attached hydrogen (secondary N) is 1. The predicted molar refractivity (Wildman–Crippen MR) is 77.1 cm³/mol. The minimum absolute atomic E-state index is 0.718. The van der Waals surface area contributed by atoms with Crippen LogP contribution >= 0.6 is 0 Å². The zero-order valence-electron chi connectivity index (χ0n) is 11.0. The molecule has 100 valence electrons. The molecule has 0 fully saturated rings. The van der Waals surface area contributed by atoms with Crippen LogP contribution in [0.2, 0.25) is 0 Å². The first-order valence-corrected chi connectivity index (χ1v) is 6.42. The van der Waals surface area contributed by atoms with E-state index in [1.54, 1.807) is 6.20 Å². The second-order valence-electron chi connectivity index (χ2n) is 4.54. The Morgan fingerprint density at radius 1 is 1.05 bits per heavy atom. The number of benzene rings is 1. The Kier molecular flexibility index (Phi) is 3.68. The molecule has 20 heavy (non-hydrogen) atoms. The van der Waals surface area contributed by atoms with Gasteiger partial charge in [0.25, 0.3) is 0 Å². The second kappa shape index (κ2) is 5.97. The maximum absolute atomic E-state index is 4.05. The molecule has 2 heterocycles. The molecule has 0 unspecified atom stereocenters. The van der Waals surface area contributed by atoms with Crippen molar-refractivity contribution >= 4 is 5.69 Å². The van der Waals surface area contributed by atoms with Gasteiger partial charge >= 0.3 is 0 Å². The van der Waals surface area contributed by atoms with E-state index in [9.17, 15) is 0 Å². The summed E-state index contributed by atoms with van der Waals surface area (Å²) in [5, 5.41) is 3.38. The van der Waals surface area contributed by atoms with E-state index in [2.05, 4.69) is 44.5 Å². The van der Waals surface area contributed by atoms with Crippen LogP contribution in [0.25, 0.3) is 0 Å². The fourth-order valence-electron chi connectivity index (χ4n) is 2.00. The van der Waals surface area contributed by atoms with E-state index in [4.69, 9.17) is 0 Å². The quantitative estimate of drug-likeness (QED) is 0.769. The van der Waals surface area contributed by atoms with Crippen molar-refractivity contribution in [3.05, 3.63) is 72.8 Å². The standard InChI is InChI=1S/C15H15N5/c1-2-13(10-20-5-4-16-12-20)6-15(3-1)19-9-14-7-17-11-18-8-14/h1-8,11-12,19H,9-10H2. The van der Waals surface area contributed by atoms with Crippen LogP contribution in [-0.2, 0) is 13.1 Å². The highest BCUT2D eigenvalue weighted by Crippen LogP contribution is 2.13. The number of hydrogen-bond acceptors (Lipinski definition) is 4. The molecular formula is C15H15N5. The fraction of sp³-hybridized carbons (Fsp3) is 0.133. The van der Waals surface area contributed by atoms with Crippen molar-refractivity contribution in [2.45, 2.75) is 13.1 Å². The highest BCUT2D eigenvalue weighted by molar-refractivity contribution is 5.46. The molecule has 0 aliphatic carbocycles. The van der Waals surface area contributed by atoms with E-state index < -0.39 is 0 Å². The molecular weight excluding hydrogens is 250 g/mol. The van der Waals surface area contributed by atoms with E-state index in [0.29, 0.717) is 0 Å². The van der Waals surface area contributed by atoms with E-state index in [-0.39, 0.29) is 0 Å². The summed E-state index contributed by atoms with van der Waals surface area (Å²) in [5.74, 6) is 0. The molecule has 0 bridgehead atoms. The summed E-state index contributed by atoms with van der Waals surface area (Å²) in [7, 11) is 0. The summed E-state index contributed by atoms with van der Waals surface area (Å²) >= 11 is 0. The van der Waals surface area contributed by atoms with Crippen LogP contribution in [0.15, 0.2) is 61.7 Å². The SMILES string of the molecule is c1cc(Cn2ccnc2)cc(NCc2cncnc2)c1. The lowest BCUT2D eigenvalue weighted by molar-refractivity contribution is 0.797. The van der Waals surface area contributed by atoms with Gasteiger partial charge in [-0.15, -0.1) is 0 Å². The zero-order chi connectivity index (χ0) is 13.6. The molecule has 5 nitrogen and oxygen atoms in total.